The average Bonchev–Trinajstić information content (AvgIpc) is 2.49. The zero-order chi connectivity index (χ0) is 14.2. The van der Waals surface area contributed by atoms with E-state index in [0.717, 1.165) is 41.4 Å². The van der Waals surface area contributed by atoms with Gasteiger partial charge in [-0.1, -0.05) is 52.3 Å². The highest BCUT2D eigenvalue weighted by molar-refractivity contribution is 9.10. The van der Waals surface area contributed by atoms with Gasteiger partial charge >= 0.3 is 0 Å². The van der Waals surface area contributed by atoms with Gasteiger partial charge in [0.2, 0.25) is 0 Å². The van der Waals surface area contributed by atoms with Crippen molar-refractivity contribution in [2.24, 2.45) is 0 Å². The van der Waals surface area contributed by atoms with E-state index in [1.807, 2.05) is 6.07 Å². The Bertz CT molecular complexity index is 526. The van der Waals surface area contributed by atoms with Crippen LogP contribution in [-0.4, -0.2) is 6.61 Å². The molecule has 0 saturated carbocycles. The van der Waals surface area contributed by atoms with Gasteiger partial charge in [-0.3, -0.25) is 0 Å². The van der Waals surface area contributed by atoms with Crippen molar-refractivity contribution < 1.29 is 4.74 Å². The minimum Gasteiger partial charge on any atom is -0.492 e. The van der Waals surface area contributed by atoms with Crippen LogP contribution in [0.4, 0.5) is 0 Å². The molecule has 0 fully saturated rings. The van der Waals surface area contributed by atoms with Gasteiger partial charge in [0.1, 0.15) is 5.75 Å². The van der Waals surface area contributed by atoms with Crippen LogP contribution in [-0.2, 0) is 11.8 Å². The van der Waals surface area contributed by atoms with E-state index in [1.54, 1.807) is 0 Å². The topological polar surface area (TPSA) is 9.23 Å². The molecule has 0 N–H and O–H groups in total. The van der Waals surface area contributed by atoms with E-state index in [0.29, 0.717) is 0 Å². The Hall–Kier alpha value is -0.800. The van der Waals surface area contributed by atoms with Crippen molar-refractivity contribution in [2.45, 2.75) is 24.6 Å². The Morgan fingerprint density at radius 1 is 0.900 bits per heavy atom. The maximum Gasteiger partial charge on any atom is 0.133 e. The number of ether oxygens (including phenoxy) is 1. The predicted molar refractivity (Wildman–Crippen MR) is 91.6 cm³/mol. The molecule has 0 aliphatic rings. The number of rotatable bonds is 7. The third-order valence-corrected chi connectivity index (χ3v) is 4.38. The maximum absolute atomic E-state index is 5.81. The van der Waals surface area contributed by atoms with Crippen molar-refractivity contribution >= 4 is 31.9 Å². The summed E-state index contributed by atoms with van der Waals surface area (Å²) in [6.45, 7) is 0.763. The van der Waals surface area contributed by atoms with Gasteiger partial charge in [0, 0.05) is 5.33 Å². The fourth-order valence-corrected chi connectivity index (χ4v) is 2.89. The van der Waals surface area contributed by atoms with E-state index in [9.17, 15) is 0 Å². The van der Waals surface area contributed by atoms with Crippen LogP contribution < -0.4 is 4.74 Å². The second-order valence-corrected chi connectivity index (χ2v) is 6.10. The van der Waals surface area contributed by atoms with Crippen LogP contribution in [0.15, 0.2) is 53.0 Å². The summed E-state index contributed by atoms with van der Waals surface area (Å²) in [6, 6.07) is 16.8. The fraction of sp³-hybridized carbons (Fsp3) is 0.294. The molecule has 0 saturated heterocycles. The Balaban J connectivity index is 1.71. The van der Waals surface area contributed by atoms with E-state index in [2.05, 4.69) is 74.3 Å². The highest BCUT2D eigenvalue weighted by Gasteiger charge is 2.02. The molecule has 0 amide bonds. The van der Waals surface area contributed by atoms with Crippen molar-refractivity contribution in [1.82, 2.24) is 0 Å². The largest absolute Gasteiger partial charge is 0.492 e. The maximum atomic E-state index is 5.81. The van der Waals surface area contributed by atoms with Crippen LogP contribution in [0, 0.1) is 0 Å². The van der Waals surface area contributed by atoms with Gasteiger partial charge in [-0.15, -0.1) is 0 Å². The van der Waals surface area contributed by atoms with Crippen LogP contribution in [0.3, 0.4) is 0 Å². The lowest BCUT2D eigenvalue weighted by Crippen LogP contribution is -1.99. The molecule has 1 nitrogen and oxygen atoms in total. The molecule has 0 aliphatic carbocycles. The lowest BCUT2D eigenvalue weighted by molar-refractivity contribution is 0.305. The Morgan fingerprint density at radius 2 is 1.70 bits per heavy atom. The van der Waals surface area contributed by atoms with E-state index in [-0.39, 0.29) is 0 Å². The lowest BCUT2D eigenvalue weighted by atomic mass is 10.1. The number of hydrogen-bond acceptors (Lipinski definition) is 1. The average molecular weight is 398 g/mol. The number of halogens is 2. The van der Waals surface area contributed by atoms with Gasteiger partial charge < -0.3 is 4.74 Å². The van der Waals surface area contributed by atoms with Crippen LogP contribution in [0.2, 0.25) is 0 Å². The monoisotopic (exact) mass is 396 g/mol. The normalized spacial score (nSPS) is 10.5. The van der Waals surface area contributed by atoms with Crippen LogP contribution >= 0.6 is 31.9 Å². The smallest absolute Gasteiger partial charge is 0.133 e. The lowest BCUT2D eigenvalue weighted by Gasteiger charge is -2.09. The third-order valence-electron chi connectivity index (χ3n) is 3.11. The summed E-state index contributed by atoms with van der Waals surface area (Å²) in [6.07, 6.45) is 3.34. The van der Waals surface area contributed by atoms with Crippen LogP contribution in [0.1, 0.15) is 24.0 Å². The summed E-state index contributed by atoms with van der Waals surface area (Å²) < 4.78 is 6.84. The summed E-state index contributed by atoms with van der Waals surface area (Å²) in [5.41, 5.74) is 2.64. The number of benzene rings is 2. The van der Waals surface area contributed by atoms with Crippen molar-refractivity contribution in [1.29, 1.82) is 0 Å². The first-order chi connectivity index (χ1) is 9.79. The zero-order valence-electron chi connectivity index (χ0n) is 11.3. The van der Waals surface area contributed by atoms with Gasteiger partial charge in [0.15, 0.2) is 0 Å². The van der Waals surface area contributed by atoms with E-state index in [1.165, 1.54) is 11.1 Å². The summed E-state index contributed by atoms with van der Waals surface area (Å²) >= 11 is 7.00. The first-order valence-corrected chi connectivity index (χ1v) is 8.72. The Kier molecular flexibility index (Phi) is 6.61. The molecular formula is C17H18Br2O. The van der Waals surface area contributed by atoms with Crippen molar-refractivity contribution in [2.75, 3.05) is 6.61 Å². The Labute approximate surface area is 137 Å². The molecular weight excluding hydrogens is 380 g/mol. The van der Waals surface area contributed by atoms with Gasteiger partial charge in [-0.05, 0) is 58.5 Å². The number of aryl methyl sites for hydroxylation is 1. The van der Waals surface area contributed by atoms with Gasteiger partial charge in [0.25, 0.3) is 0 Å². The third kappa shape index (κ3) is 4.95. The van der Waals surface area contributed by atoms with Gasteiger partial charge in [-0.2, -0.15) is 0 Å². The molecule has 0 aliphatic heterocycles. The van der Waals surface area contributed by atoms with E-state index < -0.39 is 0 Å². The molecule has 2 aromatic rings. The molecule has 2 aromatic carbocycles. The van der Waals surface area contributed by atoms with Gasteiger partial charge in [0.05, 0.1) is 11.1 Å². The van der Waals surface area contributed by atoms with Crippen molar-refractivity contribution in [3.8, 4) is 5.75 Å². The number of hydrogen-bond donors (Lipinski definition) is 0. The van der Waals surface area contributed by atoms with Crippen molar-refractivity contribution in [3.05, 3.63) is 64.1 Å². The molecule has 2 rings (SSSR count). The quantitative estimate of drug-likeness (QED) is 0.427. The molecule has 0 spiro atoms. The minimum absolute atomic E-state index is 0.763. The molecule has 106 valence electrons. The fourth-order valence-electron chi connectivity index (χ4n) is 2.00. The minimum atomic E-state index is 0.763. The Morgan fingerprint density at radius 3 is 2.40 bits per heavy atom. The molecule has 0 heterocycles. The molecule has 0 aromatic heterocycles. The van der Waals surface area contributed by atoms with E-state index >= 15 is 0 Å². The zero-order valence-corrected chi connectivity index (χ0v) is 14.5. The van der Waals surface area contributed by atoms with Crippen molar-refractivity contribution in [3.63, 3.8) is 0 Å². The molecule has 0 atom stereocenters. The summed E-state index contributed by atoms with van der Waals surface area (Å²) in [5.74, 6) is 0.925. The molecule has 20 heavy (non-hydrogen) atoms. The number of alkyl halides is 1. The molecule has 0 bridgehead atoms. The van der Waals surface area contributed by atoms with Gasteiger partial charge in [-0.25, -0.2) is 0 Å². The molecule has 0 radical (unpaired) electrons. The first-order valence-electron chi connectivity index (χ1n) is 6.80. The highest BCUT2D eigenvalue weighted by Crippen LogP contribution is 2.27. The first kappa shape index (κ1) is 15.6. The second-order valence-electron chi connectivity index (χ2n) is 4.69. The van der Waals surface area contributed by atoms with Crippen LogP contribution in [0.5, 0.6) is 5.75 Å². The second kappa shape index (κ2) is 8.48. The number of unbranched alkanes of at least 4 members (excludes halogenated alkanes) is 1. The molecule has 0 unspecified atom stereocenters. The predicted octanol–water partition coefficient (Wildman–Crippen LogP) is 5.75. The van der Waals surface area contributed by atoms with Crippen LogP contribution in [0.25, 0.3) is 0 Å². The summed E-state index contributed by atoms with van der Waals surface area (Å²) in [5, 5.41) is 0.864. The summed E-state index contributed by atoms with van der Waals surface area (Å²) in [7, 11) is 0. The highest BCUT2D eigenvalue weighted by atomic mass is 79.9. The SMILES string of the molecule is BrCc1ccc(OCCCCc2ccccc2)c(Br)c1. The van der Waals surface area contributed by atoms with E-state index in [4.69, 9.17) is 4.74 Å². The molecule has 3 heteroatoms. The summed E-state index contributed by atoms with van der Waals surface area (Å²) in [4.78, 5) is 0. The standard InChI is InChI=1S/C17H18Br2O/c18-13-15-9-10-17(16(19)12-15)20-11-5-4-8-14-6-2-1-3-7-14/h1-3,6-7,9-10,12H,4-5,8,11,13H2.